The van der Waals surface area contributed by atoms with Gasteiger partial charge in [0, 0.05) is 30.8 Å². The van der Waals surface area contributed by atoms with Gasteiger partial charge < -0.3 is 10.2 Å². The van der Waals surface area contributed by atoms with Gasteiger partial charge in [0.2, 0.25) is 5.91 Å². The zero-order chi connectivity index (χ0) is 17.5. The van der Waals surface area contributed by atoms with Crippen LogP contribution in [0.25, 0.3) is 0 Å². The van der Waals surface area contributed by atoms with Crippen LogP contribution in [0.5, 0.6) is 0 Å². The lowest BCUT2D eigenvalue weighted by atomic mass is 10.1. The summed E-state index contributed by atoms with van der Waals surface area (Å²) in [5, 5.41) is 13.6. The number of amides is 2. The van der Waals surface area contributed by atoms with Gasteiger partial charge >= 0.3 is 0 Å². The monoisotopic (exact) mass is 351 g/mol. The van der Waals surface area contributed by atoms with E-state index >= 15 is 0 Å². The summed E-state index contributed by atoms with van der Waals surface area (Å²) < 4.78 is 0. The topological polar surface area (TPSA) is 92.5 Å². The van der Waals surface area contributed by atoms with E-state index < -0.39 is 16.9 Å². The van der Waals surface area contributed by atoms with Crippen molar-refractivity contribution in [3.05, 3.63) is 39.9 Å². The molecule has 1 aliphatic heterocycles. The molecule has 1 N–H and O–H groups in total. The lowest BCUT2D eigenvalue weighted by molar-refractivity contribution is -0.384. The fourth-order valence-corrected chi connectivity index (χ4v) is 3.12. The average molecular weight is 351 g/mol. The third kappa shape index (κ3) is 4.70. The van der Waals surface area contributed by atoms with E-state index in [1.54, 1.807) is 16.7 Å². The lowest BCUT2D eigenvalue weighted by Crippen LogP contribution is -2.48. The minimum Gasteiger partial charge on any atom is -0.341 e. The van der Waals surface area contributed by atoms with E-state index in [1.165, 1.54) is 24.3 Å². The van der Waals surface area contributed by atoms with Crippen LogP contribution in [0.2, 0.25) is 0 Å². The van der Waals surface area contributed by atoms with E-state index in [0.717, 1.165) is 31.7 Å². The fraction of sp³-hybridized carbons (Fsp3) is 0.500. The summed E-state index contributed by atoms with van der Waals surface area (Å²) in [7, 11) is 0. The van der Waals surface area contributed by atoms with E-state index in [4.69, 9.17) is 0 Å². The van der Waals surface area contributed by atoms with Crippen molar-refractivity contribution in [1.82, 2.24) is 10.2 Å². The Bertz CT molecular complexity index is 617. The van der Waals surface area contributed by atoms with Crippen LogP contribution in [0.4, 0.5) is 5.69 Å². The Balaban J connectivity index is 2.09. The molecule has 2 amide bonds. The number of nitrogens with zero attached hydrogens (tertiary/aromatic N) is 2. The number of nitrogens with one attached hydrogen (secondary N) is 1. The van der Waals surface area contributed by atoms with Gasteiger partial charge in [-0.25, -0.2) is 0 Å². The molecule has 7 nitrogen and oxygen atoms in total. The molecule has 1 fully saturated rings. The number of nitro groups is 1. The van der Waals surface area contributed by atoms with Gasteiger partial charge in [-0.1, -0.05) is 6.07 Å². The lowest BCUT2D eigenvalue weighted by Gasteiger charge is -2.24. The number of carbonyl (C=O) groups excluding carboxylic acids is 2. The first kappa shape index (κ1) is 18.3. The first-order chi connectivity index (χ1) is 11.5. The Kier molecular flexibility index (Phi) is 6.60. The van der Waals surface area contributed by atoms with Gasteiger partial charge in [-0.3, -0.25) is 19.7 Å². The number of hydrogen-bond acceptors (Lipinski definition) is 5. The van der Waals surface area contributed by atoms with Crippen molar-refractivity contribution in [3.63, 3.8) is 0 Å². The average Bonchev–Trinajstić information content (AvgIpc) is 3.12. The molecule has 130 valence electrons. The number of carbonyl (C=O) groups is 2. The van der Waals surface area contributed by atoms with Gasteiger partial charge in [0.05, 0.1) is 4.92 Å². The minimum atomic E-state index is -0.595. The Morgan fingerprint density at radius 1 is 1.38 bits per heavy atom. The van der Waals surface area contributed by atoms with E-state index in [0.29, 0.717) is 6.42 Å². The molecule has 0 saturated carbocycles. The van der Waals surface area contributed by atoms with Gasteiger partial charge in [-0.2, -0.15) is 11.8 Å². The van der Waals surface area contributed by atoms with Crippen LogP contribution in [0, 0.1) is 10.1 Å². The molecule has 1 aliphatic rings. The molecular formula is C16H21N3O4S. The second kappa shape index (κ2) is 8.68. The smallest absolute Gasteiger partial charge is 0.270 e. The third-order valence-electron chi connectivity index (χ3n) is 3.95. The van der Waals surface area contributed by atoms with Crippen molar-refractivity contribution in [2.24, 2.45) is 0 Å². The standard InChI is InChI=1S/C16H21N3O4S/c1-24-10-7-14(16(21)18-8-2-3-9-18)17-15(20)12-5-4-6-13(11-12)19(22)23/h4-6,11,14H,2-3,7-10H2,1H3,(H,17,20). The van der Waals surface area contributed by atoms with Crippen LogP contribution >= 0.6 is 11.8 Å². The molecule has 0 aliphatic carbocycles. The zero-order valence-corrected chi connectivity index (χ0v) is 14.4. The number of thioether (sulfide) groups is 1. The Hall–Kier alpha value is -2.09. The van der Waals surface area contributed by atoms with Gasteiger partial charge in [-0.05, 0) is 37.3 Å². The number of benzene rings is 1. The molecule has 0 radical (unpaired) electrons. The van der Waals surface area contributed by atoms with E-state index in [2.05, 4.69) is 5.32 Å². The highest BCUT2D eigenvalue weighted by Gasteiger charge is 2.28. The highest BCUT2D eigenvalue weighted by molar-refractivity contribution is 7.98. The predicted molar refractivity (Wildman–Crippen MR) is 93.2 cm³/mol. The Morgan fingerprint density at radius 2 is 2.08 bits per heavy atom. The van der Waals surface area contributed by atoms with E-state index in [1.807, 2.05) is 6.26 Å². The highest BCUT2D eigenvalue weighted by Crippen LogP contribution is 2.15. The number of likely N-dealkylation sites (tertiary alicyclic amines) is 1. The molecule has 1 atom stereocenters. The highest BCUT2D eigenvalue weighted by atomic mass is 32.2. The summed E-state index contributed by atoms with van der Waals surface area (Å²) in [4.78, 5) is 37.1. The van der Waals surface area contributed by atoms with Crippen LogP contribution in [0.1, 0.15) is 29.6 Å². The van der Waals surface area contributed by atoms with Gasteiger partial charge in [0.25, 0.3) is 11.6 Å². The quantitative estimate of drug-likeness (QED) is 0.600. The summed E-state index contributed by atoms with van der Waals surface area (Å²) in [6.07, 6.45) is 4.45. The van der Waals surface area contributed by atoms with Crippen LogP contribution < -0.4 is 5.32 Å². The summed E-state index contributed by atoms with van der Waals surface area (Å²) in [5.41, 5.74) is 0.0433. The molecule has 2 rings (SSSR count). The van der Waals surface area contributed by atoms with E-state index in [9.17, 15) is 19.7 Å². The Labute approximate surface area is 144 Å². The van der Waals surface area contributed by atoms with Crippen LogP contribution in [0.3, 0.4) is 0 Å². The van der Waals surface area contributed by atoms with E-state index in [-0.39, 0.29) is 17.2 Å². The largest absolute Gasteiger partial charge is 0.341 e. The molecule has 24 heavy (non-hydrogen) atoms. The van der Waals surface area contributed by atoms with Gasteiger partial charge in [0.1, 0.15) is 6.04 Å². The minimum absolute atomic E-state index is 0.0691. The van der Waals surface area contributed by atoms with Crippen LogP contribution in [0.15, 0.2) is 24.3 Å². The van der Waals surface area contributed by atoms with Crippen molar-refractivity contribution in [3.8, 4) is 0 Å². The van der Waals surface area contributed by atoms with Crippen LogP contribution in [-0.2, 0) is 4.79 Å². The predicted octanol–water partition coefficient (Wildman–Crippen LogP) is 2.07. The molecule has 1 aromatic carbocycles. The summed E-state index contributed by atoms with van der Waals surface area (Å²) in [5.74, 6) is 0.220. The van der Waals surface area contributed by atoms with Crippen molar-refractivity contribution < 1.29 is 14.5 Å². The van der Waals surface area contributed by atoms with Gasteiger partial charge in [0.15, 0.2) is 0 Å². The number of rotatable bonds is 7. The first-order valence-corrected chi connectivity index (χ1v) is 9.25. The van der Waals surface area contributed by atoms with Crippen molar-refractivity contribution in [2.75, 3.05) is 25.1 Å². The Morgan fingerprint density at radius 3 is 2.71 bits per heavy atom. The molecule has 1 saturated heterocycles. The summed E-state index contributed by atoms with van der Waals surface area (Å²) >= 11 is 1.61. The van der Waals surface area contributed by atoms with Crippen molar-refractivity contribution in [2.45, 2.75) is 25.3 Å². The normalized spacial score (nSPS) is 15.1. The maximum Gasteiger partial charge on any atom is 0.270 e. The number of hydrogen-bond donors (Lipinski definition) is 1. The molecule has 1 aromatic rings. The summed E-state index contributed by atoms with van der Waals surface area (Å²) in [6.45, 7) is 1.45. The maximum absolute atomic E-state index is 12.6. The molecule has 8 heteroatoms. The molecule has 0 spiro atoms. The van der Waals surface area contributed by atoms with Crippen molar-refractivity contribution in [1.29, 1.82) is 0 Å². The fourth-order valence-electron chi connectivity index (χ4n) is 2.65. The van der Waals surface area contributed by atoms with Gasteiger partial charge in [-0.15, -0.1) is 0 Å². The second-order valence-electron chi connectivity index (χ2n) is 5.65. The van der Waals surface area contributed by atoms with Crippen molar-refractivity contribution >= 4 is 29.3 Å². The second-order valence-corrected chi connectivity index (χ2v) is 6.63. The summed E-state index contributed by atoms with van der Waals surface area (Å²) in [6, 6.07) is 4.93. The molecule has 1 heterocycles. The number of nitro benzene ring substituents is 1. The third-order valence-corrected chi connectivity index (χ3v) is 4.59. The number of non-ortho nitro benzene ring substituents is 1. The van der Waals surface area contributed by atoms with Crippen LogP contribution in [-0.4, -0.2) is 52.8 Å². The molecule has 0 bridgehead atoms. The SMILES string of the molecule is CSCCC(NC(=O)c1cccc([N+](=O)[O-])c1)C(=O)N1CCCC1. The zero-order valence-electron chi connectivity index (χ0n) is 13.6. The molecule has 0 aromatic heterocycles. The molecular weight excluding hydrogens is 330 g/mol. The first-order valence-electron chi connectivity index (χ1n) is 7.86. The molecule has 1 unspecified atom stereocenters. The maximum atomic E-state index is 12.6.